The number of fused-ring (bicyclic) bond motifs is 2. The van der Waals surface area contributed by atoms with Gasteiger partial charge in [0, 0.05) is 17.3 Å². The molecular weight excluding hydrogens is 448 g/mol. The number of carbonyl (C=O) groups is 1. The number of aliphatic hydroxyl groups excluding tert-OH is 3. The number of carboxylic acids is 1. The zero-order valence-electron chi connectivity index (χ0n) is 19.6. The largest absolute Gasteiger partial charge is 0.550 e. The molecule has 0 saturated carbocycles. The van der Waals surface area contributed by atoms with Crippen molar-refractivity contribution in [2.75, 3.05) is 19.8 Å². The van der Waals surface area contributed by atoms with Gasteiger partial charge in [0.25, 0.3) is 0 Å². The van der Waals surface area contributed by atoms with E-state index in [1.54, 1.807) is 6.92 Å². The second-order valence-electron chi connectivity index (χ2n) is 8.57. The molecule has 6 N–H and O–H groups in total. The summed E-state index contributed by atoms with van der Waals surface area (Å²) in [6.07, 6.45) is 0. The van der Waals surface area contributed by atoms with Crippen LogP contribution in [0.25, 0.3) is 21.7 Å². The van der Waals surface area contributed by atoms with Crippen LogP contribution >= 0.6 is 0 Å². The fourth-order valence-electron chi connectivity index (χ4n) is 3.23. The first-order valence-corrected chi connectivity index (χ1v) is 11.2. The summed E-state index contributed by atoms with van der Waals surface area (Å²) in [5.74, 6) is -0.959. The molecule has 1 atom stereocenters. The summed E-state index contributed by atoms with van der Waals surface area (Å²) in [6, 6.07) is 23.4. The average molecular weight is 479 g/mol. The highest BCUT2D eigenvalue weighted by Crippen LogP contribution is 2.25. The van der Waals surface area contributed by atoms with E-state index < -0.39 is 17.4 Å². The Morgan fingerprint density at radius 3 is 2.23 bits per heavy atom. The van der Waals surface area contributed by atoms with E-state index in [4.69, 9.17) is 20.1 Å². The van der Waals surface area contributed by atoms with Gasteiger partial charge in [0.2, 0.25) is 0 Å². The predicted molar refractivity (Wildman–Crippen MR) is 130 cm³/mol. The van der Waals surface area contributed by atoms with Crippen LogP contribution < -0.4 is 15.6 Å². The molecule has 0 saturated heterocycles. The van der Waals surface area contributed by atoms with Crippen LogP contribution in [0.4, 0.5) is 0 Å². The van der Waals surface area contributed by atoms with Gasteiger partial charge in [0.05, 0.1) is 11.2 Å². The van der Waals surface area contributed by atoms with Crippen LogP contribution in [0.15, 0.2) is 72.8 Å². The summed E-state index contributed by atoms with van der Waals surface area (Å²) in [6.45, 7) is 1.14. The van der Waals surface area contributed by atoms with Crippen molar-refractivity contribution in [2.45, 2.75) is 25.0 Å². The minimum Gasteiger partial charge on any atom is -0.550 e. The van der Waals surface area contributed by atoms with E-state index in [-0.39, 0.29) is 19.8 Å². The van der Waals surface area contributed by atoms with E-state index in [0.29, 0.717) is 6.61 Å². The number of ether oxygens (including phenoxy) is 1. The number of pyridine rings is 1. The highest BCUT2D eigenvalue weighted by atomic mass is 16.5. The number of hydrogen-bond donors (Lipinski definition) is 4. The van der Waals surface area contributed by atoms with E-state index in [1.165, 1.54) is 0 Å². The Morgan fingerprint density at radius 1 is 0.943 bits per heavy atom. The lowest BCUT2D eigenvalue weighted by Gasteiger charge is -2.16. The number of nitrogens with zero attached hydrogens (tertiary/aromatic N) is 1. The van der Waals surface area contributed by atoms with Gasteiger partial charge in [-0.25, -0.2) is 4.98 Å². The van der Waals surface area contributed by atoms with Crippen molar-refractivity contribution in [1.82, 2.24) is 4.98 Å². The van der Waals surface area contributed by atoms with Gasteiger partial charge in [-0.2, -0.15) is 0 Å². The summed E-state index contributed by atoms with van der Waals surface area (Å²) in [7, 11) is 0. The van der Waals surface area contributed by atoms with E-state index in [9.17, 15) is 9.90 Å². The normalized spacial score (nSPS) is 12.1. The molecule has 0 unspecified atom stereocenters. The zero-order chi connectivity index (χ0) is 25.4. The van der Waals surface area contributed by atoms with E-state index >= 15 is 0 Å². The third kappa shape index (κ3) is 6.74. The van der Waals surface area contributed by atoms with Gasteiger partial charge >= 0.3 is 0 Å². The van der Waals surface area contributed by atoms with Crippen molar-refractivity contribution in [3.63, 3.8) is 0 Å². The van der Waals surface area contributed by atoms with Crippen molar-refractivity contribution in [2.24, 2.45) is 0 Å². The van der Waals surface area contributed by atoms with Gasteiger partial charge in [0.15, 0.2) is 5.54 Å². The Labute approximate surface area is 203 Å². The molecular formula is C27H30N2O6. The average Bonchev–Trinajstić information content (AvgIpc) is 2.90. The van der Waals surface area contributed by atoms with Crippen molar-refractivity contribution >= 4 is 27.6 Å². The maximum absolute atomic E-state index is 11.1. The van der Waals surface area contributed by atoms with Crippen LogP contribution in [0.2, 0.25) is 0 Å². The smallest absolute Gasteiger partial charge is 0.164 e. The number of carbonyl (C=O) groups excluding carboxylic acids is 1. The molecule has 0 amide bonds. The molecule has 35 heavy (non-hydrogen) atoms. The van der Waals surface area contributed by atoms with Crippen molar-refractivity contribution in [3.05, 3.63) is 84.1 Å². The third-order valence-electron chi connectivity index (χ3n) is 5.74. The fraction of sp³-hybridized carbons (Fsp3) is 0.259. The van der Waals surface area contributed by atoms with Crippen LogP contribution in [-0.4, -0.2) is 51.6 Å². The monoisotopic (exact) mass is 478 g/mol. The molecule has 0 aliphatic rings. The van der Waals surface area contributed by atoms with Crippen LogP contribution in [0, 0.1) is 0 Å². The first-order chi connectivity index (χ1) is 16.8. The van der Waals surface area contributed by atoms with Crippen LogP contribution in [-0.2, 0) is 11.4 Å². The van der Waals surface area contributed by atoms with Gasteiger partial charge in [0.1, 0.15) is 32.2 Å². The lowest BCUT2D eigenvalue weighted by molar-refractivity contribution is -0.494. The molecule has 1 heterocycles. The molecule has 4 rings (SSSR count). The summed E-state index contributed by atoms with van der Waals surface area (Å²) in [5, 5.41) is 39.3. The standard InChI is InChI=1S/C23H19NO3.C4H11NO3/c1-15(23(25)26)17-6-7-19-13-21(11-9-18(19)12-17)27-14-20-10-8-16-4-2-3-5-22(16)24-20;5-4(1-6,2-7)3-8/h2-13,15H,14H2,1H3,(H,25,26);6-8H,1-3,5H2/t15-;/m1./s1. The van der Waals surface area contributed by atoms with Crippen molar-refractivity contribution in [1.29, 1.82) is 0 Å². The Balaban J connectivity index is 0.000000371. The van der Waals surface area contributed by atoms with Crippen molar-refractivity contribution < 1.29 is 35.7 Å². The Morgan fingerprint density at radius 2 is 1.57 bits per heavy atom. The van der Waals surface area contributed by atoms with Gasteiger partial charge < -0.3 is 35.7 Å². The van der Waals surface area contributed by atoms with E-state index in [0.717, 1.165) is 38.7 Å². The number of aromatic nitrogens is 1. The van der Waals surface area contributed by atoms with E-state index in [1.807, 2.05) is 72.8 Å². The topological polar surface area (TPSA) is 151 Å². The maximum atomic E-state index is 11.1. The molecule has 0 fully saturated rings. The van der Waals surface area contributed by atoms with Crippen LogP contribution in [0.3, 0.4) is 0 Å². The molecule has 0 aliphatic carbocycles. The summed E-state index contributed by atoms with van der Waals surface area (Å²) in [4.78, 5) is 15.7. The molecule has 1 aromatic heterocycles. The molecule has 0 bridgehead atoms. The summed E-state index contributed by atoms with van der Waals surface area (Å²) >= 11 is 0. The second-order valence-corrected chi connectivity index (χ2v) is 8.57. The van der Waals surface area contributed by atoms with Gasteiger partial charge in [-0.3, -0.25) is 0 Å². The van der Waals surface area contributed by atoms with Crippen molar-refractivity contribution in [3.8, 4) is 5.75 Å². The number of aliphatic hydroxyl groups is 3. The molecule has 0 aliphatic heterocycles. The fourth-order valence-corrected chi connectivity index (χ4v) is 3.23. The van der Waals surface area contributed by atoms with Gasteiger partial charge in [-0.05, 0) is 40.6 Å². The number of benzene rings is 3. The Bertz CT molecular complexity index is 1280. The van der Waals surface area contributed by atoms with Gasteiger partial charge in [-0.15, -0.1) is 0 Å². The van der Waals surface area contributed by atoms with Crippen LogP contribution in [0.5, 0.6) is 5.75 Å². The zero-order valence-corrected chi connectivity index (χ0v) is 19.6. The molecule has 0 radical (unpaired) electrons. The maximum Gasteiger partial charge on any atom is 0.164 e. The number of rotatable bonds is 8. The molecule has 0 spiro atoms. The number of carboxylic acid groups (broad SMARTS) is 1. The molecule has 3 aromatic carbocycles. The van der Waals surface area contributed by atoms with E-state index in [2.05, 4.69) is 10.7 Å². The number of hydrogen-bond acceptors (Lipinski definition) is 7. The SMILES string of the molecule is C[C@@H](C(=O)[O-])c1ccc2cc(OCc3ccc4ccccc4n3)ccc2c1.[NH3+]C(CO)(CO)CO. The first kappa shape index (κ1) is 26.1. The molecule has 8 heteroatoms. The quantitative estimate of drug-likeness (QED) is 0.292. The summed E-state index contributed by atoms with van der Waals surface area (Å²) in [5.41, 5.74) is 4.97. The highest BCUT2D eigenvalue weighted by Gasteiger charge is 2.25. The highest BCUT2D eigenvalue weighted by molar-refractivity contribution is 5.86. The minimum atomic E-state index is -1.07. The Hall–Kier alpha value is -3.56. The number of aliphatic carboxylic acids is 1. The van der Waals surface area contributed by atoms with Crippen LogP contribution in [0.1, 0.15) is 24.1 Å². The minimum absolute atomic E-state index is 0.292. The molecule has 4 aromatic rings. The lowest BCUT2D eigenvalue weighted by Crippen LogP contribution is -2.78. The van der Waals surface area contributed by atoms with Gasteiger partial charge in [-0.1, -0.05) is 55.5 Å². The number of quaternary nitrogens is 1. The lowest BCUT2D eigenvalue weighted by atomic mass is 9.98. The second kappa shape index (κ2) is 11.7. The number of para-hydroxylation sites is 1. The molecule has 8 nitrogen and oxygen atoms in total. The predicted octanol–water partition coefficient (Wildman–Crippen LogP) is 0.764. The first-order valence-electron chi connectivity index (χ1n) is 11.2. The molecule has 184 valence electrons. The summed E-state index contributed by atoms with van der Waals surface area (Å²) < 4.78 is 5.90. The third-order valence-corrected chi connectivity index (χ3v) is 5.74. The Kier molecular flexibility index (Phi) is 8.73.